The third kappa shape index (κ3) is 5.34. The first kappa shape index (κ1) is 14.0. The molecule has 0 bridgehead atoms. The Labute approximate surface area is 107 Å². The van der Waals surface area contributed by atoms with E-state index < -0.39 is 0 Å². The molecule has 0 fully saturated rings. The zero-order chi connectivity index (χ0) is 13.4. The molecule has 0 saturated carbocycles. The predicted molar refractivity (Wildman–Crippen MR) is 70.5 cm³/mol. The molecule has 1 rings (SSSR count). The van der Waals surface area contributed by atoms with Gasteiger partial charge in [0.2, 0.25) is 5.91 Å². The lowest BCUT2D eigenvalue weighted by atomic mass is 10.1. The minimum Gasteiger partial charge on any atom is -0.409 e. The standard InChI is InChI=1S/C13H19N3O2/c1-10-3-2-4-11(9-10)5-6-13(17)15-8-7-12(14)16-18/h2-4,9,18H,5-8H2,1H3,(H2,14,16)(H,15,17). The van der Waals surface area contributed by atoms with Crippen molar-refractivity contribution >= 4 is 11.7 Å². The molecule has 0 aliphatic carbocycles. The number of rotatable bonds is 6. The number of hydrogen-bond donors (Lipinski definition) is 3. The van der Waals surface area contributed by atoms with Crippen LogP contribution in [-0.4, -0.2) is 23.5 Å². The molecule has 0 aromatic heterocycles. The Bertz CT molecular complexity index is 430. The lowest BCUT2D eigenvalue weighted by molar-refractivity contribution is -0.121. The summed E-state index contributed by atoms with van der Waals surface area (Å²) in [7, 11) is 0. The minimum atomic E-state index is -0.0257. The number of nitrogens with one attached hydrogen (secondary N) is 1. The van der Waals surface area contributed by atoms with Crippen LogP contribution in [0.5, 0.6) is 0 Å². The lowest BCUT2D eigenvalue weighted by Gasteiger charge is -2.05. The molecule has 0 unspecified atom stereocenters. The van der Waals surface area contributed by atoms with Crippen LogP contribution in [0.15, 0.2) is 29.4 Å². The van der Waals surface area contributed by atoms with E-state index in [0.29, 0.717) is 19.4 Å². The second-order valence-electron chi connectivity index (χ2n) is 4.18. The van der Waals surface area contributed by atoms with Gasteiger partial charge in [0, 0.05) is 19.4 Å². The maximum atomic E-state index is 11.5. The summed E-state index contributed by atoms with van der Waals surface area (Å²) >= 11 is 0. The largest absolute Gasteiger partial charge is 0.409 e. The summed E-state index contributed by atoms with van der Waals surface area (Å²) < 4.78 is 0. The molecule has 0 radical (unpaired) electrons. The number of nitrogens with zero attached hydrogens (tertiary/aromatic N) is 1. The number of amides is 1. The van der Waals surface area contributed by atoms with Gasteiger partial charge in [-0.15, -0.1) is 0 Å². The second kappa shape index (κ2) is 7.32. The molecule has 0 aliphatic rings. The van der Waals surface area contributed by atoms with E-state index in [4.69, 9.17) is 10.9 Å². The highest BCUT2D eigenvalue weighted by atomic mass is 16.4. The number of oxime groups is 1. The van der Waals surface area contributed by atoms with Crippen LogP contribution in [0.2, 0.25) is 0 Å². The topological polar surface area (TPSA) is 87.7 Å². The summed E-state index contributed by atoms with van der Waals surface area (Å²) in [6.07, 6.45) is 1.52. The Balaban J connectivity index is 2.25. The smallest absolute Gasteiger partial charge is 0.220 e. The third-order valence-electron chi connectivity index (χ3n) is 2.55. The molecule has 1 aromatic carbocycles. The summed E-state index contributed by atoms with van der Waals surface area (Å²) in [5.74, 6) is 0.0937. The Morgan fingerprint density at radius 1 is 1.44 bits per heavy atom. The van der Waals surface area contributed by atoms with E-state index in [9.17, 15) is 4.79 Å². The summed E-state index contributed by atoms with van der Waals surface area (Å²) in [6.45, 7) is 2.42. The number of carbonyl (C=O) groups excluding carboxylic acids is 1. The van der Waals surface area contributed by atoms with E-state index in [1.165, 1.54) is 5.56 Å². The van der Waals surface area contributed by atoms with Crippen molar-refractivity contribution in [2.24, 2.45) is 10.9 Å². The van der Waals surface area contributed by atoms with Crippen molar-refractivity contribution in [3.8, 4) is 0 Å². The molecule has 0 saturated heterocycles. The first-order valence-electron chi connectivity index (χ1n) is 5.90. The summed E-state index contributed by atoms with van der Waals surface area (Å²) in [5, 5.41) is 13.9. The van der Waals surface area contributed by atoms with E-state index in [-0.39, 0.29) is 11.7 Å². The third-order valence-corrected chi connectivity index (χ3v) is 2.55. The molecule has 1 amide bonds. The first-order valence-corrected chi connectivity index (χ1v) is 5.90. The molecule has 18 heavy (non-hydrogen) atoms. The average molecular weight is 249 g/mol. The Morgan fingerprint density at radius 3 is 2.89 bits per heavy atom. The molecule has 0 atom stereocenters. The number of carbonyl (C=O) groups is 1. The van der Waals surface area contributed by atoms with E-state index >= 15 is 0 Å². The molecular formula is C13H19N3O2. The molecule has 98 valence electrons. The molecule has 1 aromatic rings. The van der Waals surface area contributed by atoms with Gasteiger partial charge < -0.3 is 16.3 Å². The van der Waals surface area contributed by atoms with E-state index in [1.54, 1.807) is 0 Å². The van der Waals surface area contributed by atoms with Crippen molar-refractivity contribution in [3.63, 3.8) is 0 Å². The normalized spacial score (nSPS) is 11.3. The molecule has 0 spiro atoms. The number of hydrogen-bond acceptors (Lipinski definition) is 3. The zero-order valence-electron chi connectivity index (χ0n) is 10.5. The Kier molecular flexibility index (Phi) is 5.70. The quantitative estimate of drug-likeness (QED) is 0.306. The van der Waals surface area contributed by atoms with Crippen LogP contribution in [-0.2, 0) is 11.2 Å². The van der Waals surface area contributed by atoms with Gasteiger partial charge in [-0.2, -0.15) is 0 Å². The fourth-order valence-electron chi connectivity index (χ4n) is 1.59. The SMILES string of the molecule is Cc1cccc(CCC(=O)NCCC(N)=NO)c1. The van der Waals surface area contributed by atoms with Gasteiger partial charge in [-0.3, -0.25) is 4.79 Å². The molecule has 5 heteroatoms. The number of nitrogens with two attached hydrogens (primary N) is 1. The van der Waals surface area contributed by atoms with Crippen molar-refractivity contribution in [2.75, 3.05) is 6.54 Å². The van der Waals surface area contributed by atoms with Gasteiger partial charge in [-0.05, 0) is 18.9 Å². The molecule has 5 nitrogen and oxygen atoms in total. The van der Waals surface area contributed by atoms with Crippen LogP contribution in [0.3, 0.4) is 0 Å². The molecule has 0 aliphatic heterocycles. The van der Waals surface area contributed by atoms with E-state index in [0.717, 1.165) is 12.0 Å². The fourth-order valence-corrected chi connectivity index (χ4v) is 1.59. The lowest BCUT2D eigenvalue weighted by Crippen LogP contribution is -2.28. The number of benzene rings is 1. The second-order valence-corrected chi connectivity index (χ2v) is 4.18. The van der Waals surface area contributed by atoms with E-state index in [1.807, 2.05) is 25.1 Å². The summed E-state index contributed by atoms with van der Waals surface area (Å²) in [5.41, 5.74) is 7.64. The predicted octanol–water partition coefficient (Wildman–Crippen LogP) is 1.18. The van der Waals surface area contributed by atoms with Crippen molar-refractivity contribution < 1.29 is 10.0 Å². The van der Waals surface area contributed by atoms with Crippen molar-refractivity contribution in [1.82, 2.24) is 5.32 Å². The maximum absolute atomic E-state index is 11.5. The van der Waals surface area contributed by atoms with Gasteiger partial charge in [0.25, 0.3) is 0 Å². The van der Waals surface area contributed by atoms with Gasteiger partial charge in [-0.25, -0.2) is 0 Å². The first-order chi connectivity index (χ1) is 8.61. The van der Waals surface area contributed by atoms with Gasteiger partial charge in [0.1, 0.15) is 5.84 Å². The van der Waals surface area contributed by atoms with Gasteiger partial charge in [-0.1, -0.05) is 35.0 Å². The highest BCUT2D eigenvalue weighted by Crippen LogP contribution is 2.06. The number of amidine groups is 1. The van der Waals surface area contributed by atoms with Crippen LogP contribution in [0.25, 0.3) is 0 Å². The van der Waals surface area contributed by atoms with Crippen LogP contribution in [0.4, 0.5) is 0 Å². The van der Waals surface area contributed by atoms with Crippen LogP contribution in [0.1, 0.15) is 24.0 Å². The molecule has 0 heterocycles. The minimum absolute atomic E-state index is 0.0257. The Hall–Kier alpha value is -2.04. The monoisotopic (exact) mass is 249 g/mol. The van der Waals surface area contributed by atoms with Crippen molar-refractivity contribution in [2.45, 2.75) is 26.2 Å². The highest BCUT2D eigenvalue weighted by molar-refractivity contribution is 5.81. The van der Waals surface area contributed by atoms with Gasteiger partial charge >= 0.3 is 0 Å². The van der Waals surface area contributed by atoms with Crippen LogP contribution >= 0.6 is 0 Å². The van der Waals surface area contributed by atoms with Gasteiger partial charge in [0.05, 0.1) is 0 Å². The summed E-state index contributed by atoms with van der Waals surface area (Å²) in [6, 6.07) is 8.10. The average Bonchev–Trinajstić information content (AvgIpc) is 2.36. The summed E-state index contributed by atoms with van der Waals surface area (Å²) in [4.78, 5) is 11.5. The maximum Gasteiger partial charge on any atom is 0.220 e. The van der Waals surface area contributed by atoms with E-state index in [2.05, 4.69) is 16.5 Å². The highest BCUT2D eigenvalue weighted by Gasteiger charge is 2.02. The molecular weight excluding hydrogens is 230 g/mol. The number of aryl methyl sites for hydroxylation is 2. The fraction of sp³-hybridized carbons (Fsp3) is 0.385. The van der Waals surface area contributed by atoms with Gasteiger partial charge in [0.15, 0.2) is 0 Å². The van der Waals surface area contributed by atoms with Crippen LogP contribution in [0, 0.1) is 6.92 Å². The zero-order valence-corrected chi connectivity index (χ0v) is 10.5. The van der Waals surface area contributed by atoms with Crippen LogP contribution < -0.4 is 11.1 Å². The Morgan fingerprint density at radius 2 is 2.22 bits per heavy atom. The van der Waals surface area contributed by atoms with Crippen molar-refractivity contribution in [3.05, 3.63) is 35.4 Å². The molecule has 4 N–H and O–H groups in total. The van der Waals surface area contributed by atoms with Crippen molar-refractivity contribution in [1.29, 1.82) is 0 Å².